The van der Waals surface area contributed by atoms with Gasteiger partial charge >= 0.3 is 6.09 Å². The fourth-order valence-corrected chi connectivity index (χ4v) is 4.46. The third kappa shape index (κ3) is 6.00. The maximum atomic E-state index is 13.6. The van der Waals surface area contributed by atoms with Crippen molar-refractivity contribution in [3.8, 4) is 17.1 Å². The standard InChI is InChI=1S/C29H30FN5O4/c1-18(20-6-5-7-21(30)14-20)38-26-13-12-25-31-16-24(35(25)33-26)19-8-10-23(11-9-19)34-17-22(15-27(34)36)32-28(37)39-29(2,3)4/h5-14,16,18,22H,15,17H2,1-4H3,(H,32,37)/t18-,22+/m1/s1. The van der Waals surface area contributed by atoms with Crippen LogP contribution in [-0.2, 0) is 9.53 Å². The number of imidazole rings is 1. The number of anilines is 1. The van der Waals surface area contributed by atoms with Gasteiger partial charge in [-0.3, -0.25) is 4.79 Å². The van der Waals surface area contributed by atoms with E-state index in [2.05, 4.69) is 15.4 Å². The second kappa shape index (κ2) is 10.4. The molecular formula is C29H30FN5O4. The van der Waals surface area contributed by atoms with Gasteiger partial charge in [0.25, 0.3) is 0 Å². The van der Waals surface area contributed by atoms with Gasteiger partial charge in [0.1, 0.15) is 17.5 Å². The lowest BCUT2D eigenvalue weighted by Gasteiger charge is -2.22. The van der Waals surface area contributed by atoms with Crippen molar-refractivity contribution in [2.45, 2.75) is 51.9 Å². The number of hydrogen-bond acceptors (Lipinski definition) is 6. The van der Waals surface area contributed by atoms with Crippen LogP contribution in [0.2, 0.25) is 0 Å². The van der Waals surface area contributed by atoms with Gasteiger partial charge in [0.05, 0.1) is 17.9 Å². The first-order chi connectivity index (χ1) is 18.6. The molecule has 0 aliphatic carbocycles. The van der Waals surface area contributed by atoms with Crippen molar-refractivity contribution < 1.29 is 23.5 Å². The quantitative estimate of drug-likeness (QED) is 0.362. The summed E-state index contributed by atoms with van der Waals surface area (Å²) in [7, 11) is 0. The molecule has 202 valence electrons. The van der Waals surface area contributed by atoms with Crippen molar-refractivity contribution in [1.82, 2.24) is 19.9 Å². The third-order valence-corrected chi connectivity index (χ3v) is 6.27. The molecule has 0 radical (unpaired) electrons. The van der Waals surface area contributed by atoms with Crippen molar-refractivity contribution in [3.63, 3.8) is 0 Å². The number of hydrogen-bond donors (Lipinski definition) is 1. The van der Waals surface area contributed by atoms with Gasteiger partial charge in [0.15, 0.2) is 5.65 Å². The molecule has 2 aromatic carbocycles. The first kappa shape index (κ1) is 26.1. The average Bonchev–Trinajstić information content (AvgIpc) is 3.45. The Bertz CT molecular complexity index is 1510. The number of carbonyl (C=O) groups is 2. The van der Waals surface area contributed by atoms with E-state index in [1.807, 2.05) is 31.2 Å². The lowest BCUT2D eigenvalue weighted by molar-refractivity contribution is -0.117. The third-order valence-electron chi connectivity index (χ3n) is 6.27. The molecule has 0 unspecified atom stereocenters. The lowest BCUT2D eigenvalue weighted by Crippen LogP contribution is -2.40. The van der Waals surface area contributed by atoms with E-state index in [4.69, 9.17) is 9.47 Å². The molecule has 2 atom stereocenters. The smallest absolute Gasteiger partial charge is 0.407 e. The number of nitrogens with zero attached hydrogens (tertiary/aromatic N) is 4. The van der Waals surface area contributed by atoms with Crippen LogP contribution in [0.3, 0.4) is 0 Å². The fourth-order valence-electron chi connectivity index (χ4n) is 4.46. The maximum Gasteiger partial charge on any atom is 0.407 e. The normalized spacial score (nSPS) is 16.4. The van der Waals surface area contributed by atoms with E-state index in [-0.39, 0.29) is 24.2 Å². The van der Waals surface area contributed by atoms with Gasteiger partial charge in [-0.15, -0.1) is 5.10 Å². The minimum absolute atomic E-state index is 0.0746. The highest BCUT2D eigenvalue weighted by molar-refractivity contribution is 5.96. The molecule has 1 saturated heterocycles. The van der Waals surface area contributed by atoms with Crippen LogP contribution < -0.4 is 15.0 Å². The van der Waals surface area contributed by atoms with E-state index in [9.17, 15) is 14.0 Å². The number of alkyl carbamates (subject to hydrolysis) is 1. The Morgan fingerprint density at radius 2 is 1.90 bits per heavy atom. The average molecular weight is 532 g/mol. The fraction of sp³-hybridized carbons (Fsp3) is 0.310. The van der Waals surface area contributed by atoms with Crippen LogP contribution in [0.5, 0.6) is 5.88 Å². The number of ether oxygens (including phenoxy) is 2. The molecule has 3 heterocycles. The highest BCUT2D eigenvalue weighted by Gasteiger charge is 2.32. The Morgan fingerprint density at radius 1 is 1.13 bits per heavy atom. The van der Waals surface area contributed by atoms with Crippen LogP contribution in [0.25, 0.3) is 16.9 Å². The van der Waals surface area contributed by atoms with E-state index in [1.54, 1.807) is 60.6 Å². The Labute approximate surface area is 225 Å². The number of carbonyl (C=O) groups excluding carboxylic acids is 2. The molecule has 2 amide bonds. The highest BCUT2D eigenvalue weighted by Crippen LogP contribution is 2.28. The largest absolute Gasteiger partial charge is 0.469 e. The van der Waals surface area contributed by atoms with Crippen LogP contribution in [0, 0.1) is 5.82 Å². The molecule has 1 aliphatic rings. The van der Waals surface area contributed by atoms with Gasteiger partial charge < -0.3 is 19.7 Å². The summed E-state index contributed by atoms with van der Waals surface area (Å²) in [5.74, 6) is -0.0204. The number of amides is 2. The molecule has 39 heavy (non-hydrogen) atoms. The summed E-state index contributed by atoms with van der Waals surface area (Å²) in [5.41, 5.74) is 3.07. The van der Waals surface area contributed by atoms with Gasteiger partial charge in [-0.25, -0.2) is 18.7 Å². The van der Waals surface area contributed by atoms with E-state index < -0.39 is 17.8 Å². The zero-order chi connectivity index (χ0) is 27.7. The zero-order valence-corrected chi connectivity index (χ0v) is 22.2. The molecule has 2 aromatic heterocycles. The van der Waals surface area contributed by atoms with Crippen LogP contribution in [0.1, 0.15) is 45.8 Å². The van der Waals surface area contributed by atoms with Crippen LogP contribution in [0.4, 0.5) is 14.9 Å². The Balaban J connectivity index is 1.30. The van der Waals surface area contributed by atoms with E-state index in [1.165, 1.54) is 12.1 Å². The van der Waals surface area contributed by atoms with Gasteiger partial charge in [-0.2, -0.15) is 0 Å². The summed E-state index contributed by atoms with van der Waals surface area (Å²) in [6.07, 6.45) is 0.989. The van der Waals surface area contributed by atoms with E-state index in [0.29, 0.717) is 23.6 Å². The van der Waals surface area contributed by atoms with Crippen LogP contribution in [-0.4, -0.2) is 44.8 Å². The predicted molar refractivity (Wildman–Crippen MR) is 144 cm³/mol. The van der Waals surface area contributed by atoms with Gasteiger partial charge in [-0.05, 0) is 63.6 Å². The van der Waals surface area contributed by atoms with Crippen molar-refractivity contribution in [2.24, 2.45) is 0 Å². The van der Waals surface area contributed by atoms with E-state index >= 15 is 0 Å². The molecule has 5 rings (SSSR count). The van der Waals surface area contributed by atoms with Crippen LogP contribution >= 0.6 is 0 Å². The second-order valence-corrected chi connectivity index (χ2v) is 10.5. The minimum Gasteiger partial charge on any atom is -0.469 e. The first-order valence-electron chi connectivity index (χ1n) is 12.7. The Kier molecular flexibility index (Phi) is 6.94. The number of nitrogens with one attached hydrogen (secondary N) is 1. The topological polar surface area (TPSA) is 98.1 Å². The monoisotopic (exact) mass is 531 g/mol. The molecule has 0 bridgehead atoms. The second-order valence-electron chi connectivity index (χ2n) is 10.5. The van der Waals surface area contributed by atoms with Crippen LogP contribution in [0.15, 0.2) is 66.9 Å². The molecule has 0 spiro atoms. The van der Waals surface area contributed by atoms with Gasteiger partial charge in [-0.1, -0.05) is 24.3 Å². The lowest BCUT2D eigenvalue weighted by atomic mass is 10.1. The summed E-state index contributed by atoms with van der Waals surface area (Å²) < 4.78 is 26.6. The predicted octanol–water partition coefficient (Wildman–Crippen LogP) is 5.31. The van der Waals surface area contributed by atoms with Crippen molar-refractivity contribution in [1.29, 1.82) is 0 Å². The zero-order valence-electron chi connectivity index (χ0n) is 22.2. The summed E-state index contributed by atoms with van der Waals surface area (Å²) in [4.78, 5) is 30.9. The number of rotatable bonds is 6. The SMILES string of the molecule is C[C@@H](Oc1ccc2ncc(-c3ccc(N4C[C@@H](NC(=O)OC(C)(C)C)CC4=O)cc3)n2n1)c1cccc(F)c1. The van der Waals surface area contributed by atoms with Gasteiger partial charge in [0, 0.05) is 30.3 Å². The summed E-state index contributed by atoms with van der Waals surface area (Å²) in [5, 5.41) is 7.37. The highest BCUT2D eigenvalue weighted by atomic mass is 19.1. The number of fused-ring (bicyclic) bond motifs is 1. The minimum atomic E-state index is -0.610. The summed E-state index contributed by atoms with van der Waals surface area (Å²) >= 11 is 0. The Hall–Kier alpha value is -4.47. The summed E-state index contributed by atoms with van der Waals surface area (Å²) in [6.45, 7) is 7.57. The summed E-state index contributed by atoms with van der Waals surface area (Å²) in [6, 6.07) is 17.0. The molecule has 9 nitrogen and oxygen atoms in total. The molecule has 1 aliphatic heterocycles. The van der Waals surface area contributed by atoms with Crippen molar-refractivity contribution >= 4 is 23.3 Å². The van der Waals surface area contributed by atoms with Crippen molar-refractivity contribution in [2.75, 3.05) is 11.4 Å². The number of aromatic nitrogens is 3. The molecular weight excluding hydrogens is 501 g/mol. The van der Waals surface area contributed by atoms with E-state index in [0.717, 1.165) is 16.9 Å². The molecule has 1 N–H and O–H groups in total. The molecule has 10 heteroatoms. The number of halogens is 1. The molecule has 0 saturated carbocycles. The molecule has 1 fully saturated rings. The van der Waals surface area contributed by atoms with Crippen molar-refractivity contribution in [3.05, 3.63) is 78.2 Å². The number of benzene rings is 2. The Morgan fingerprint density at radius 3 is 2.62 bits per heavy atom. The maximum absolute atomic E-state index is 13.6. The van der Waals surface area contributed by atoms with Gasteiger partial charge in [0.2, 0.25) is 11.8 Å². The first-order valence-corrected chi connectivity index (χ1v) is 12.7. The molecule has 4 aromatic rings.